The first-order valence-corrected chi connectivity index (χ1v) is 11.4. The maximum atomic E-state index is 13.6. The minimum absolute atomic E-state index is 0.126. The number of nitrogens with zero attached hydrogens (tertiary/aromatic N) is 1. The van der Waals surface area contributed by atoms with Gasteiger partial charge in [0, 0.05) is 18.3 Å². The predicted molar refractivity (Wildman–Crippen MR) is 120 cm³/mol. The fourth-order valence-corrected chi connectivity index (χ4v) is 5.88. The Labute approximate surface area is 187 Å². The summed E-state index contributed by atoms with van der Waals surface area (Å²) < 4.78 is 6.30. The number of carbonyl (C=O) groups excluding carboxylic acids is 3. The Morgan fingerprint density at radius 1 is 1.25 bits per heavy atom. The standard InChI is InChI=1S/C25H29N3O4/c1-3-14-28-21(23(30)26-16-9-5-6-10-16)25-13-12-18(32-25)19(20(25)24(28)31)22(29)27-17-11-7-4-8-15(17)2/h3-4,7-8,11-13,16,18-21H,1,5-6,9-10,14H2,2H3,(H,26,30)(H,27,29). The van der Waals surface area contributed by atoms with E-state index in [1.165, 1.54) is 4.90 Å². The van der Waals surface area contributed by atoms with E-state index in [9.17, 15) is 14.4 Å². The molecule has 3 amide bonds. The van der Waals surface area contributed by atoms with Gasteiger partial charge in [0.25, 0.3) is 0 Å². The molecule has 5 unspecified atom stereocenters. The van der Waals surface area contributed by atoms with Gasteiger partial charge in [-0.15, -0.1) is 6.58 Å². The molecule has 0 aromatic heterocycles. The van der Waals surface area contributed by atoms with Crippen LogP contribution in [-0.2, 0) is 19.1 Å². The van der Waals surface area contributed by atoms with Crippen molar-refractivity contribution >= 4 is 23.4 Å². The molecule has 7 nitrogen and oxygen atoms in total. The zero-order valence-electron chi connectivity index (χ0n) is 18.3. The molecule has 5 rings (SSSR count). The number of ether oxygens (including phenoxy) is 1. The normalized spacial score (nSPS) is 32.9. The molecule has 168 valence electrons. The number of anilines is 1. The van der Waals surface area contributed by atoms with Crippen molar-refractivity contribution in [2.75, 3.05) is 11.9 Å². The average Bonchev–Trinajstić information content (AvgIpc) is 3.53. The third-order valence-electron chi connectivity index (χ3n) is 7.36. The Balaban J connectivity index is 1.45. The number of likely N-dealkylation sites (tertiary alicyclic amines) is 1. The number of nitrogens with one attached hydrogen (secondary N) is 2. The Bertz CT molecular complexity index is 999. The molecule has 5 atom stereocenters. The molecule has 1 aromatic carbocycles. The van der Waals surface area contributed by atoms with Crippen LogP contribution in [0.25, 0.3) is 0 Å². The second-order valence-electron chi connectivity index (χ2n) is 9.27. The molecule has 1 spiro atoms. The summed E-state index contributed by atoms with van der Waals surface area (Å²) in [7, 11) is 0. The summed E-state index contributed by atoms with van der Waals surface area (Å²) in [6.07, 6.45) is 8.84. The third-order valence-corrected chi connectivity index (χ3v) is 7.36. The number of fused-ring (bicyclic) bond motifs is 1. The highest BCUT2D eigenvalue weighted by Crippen LogP contribution is 2.55. The molecule has 3 heterocycles. The van der Waals surface area contributed by atoms with Crippen LogP contribution >= 0.6 is 0 Å². The molecule has 32 heavy (non-hydrogen) atoms. The molecule has 2 bridgehead atoms. The maximum absolute atomic E-state index is 13.6. The summed E-state index contributed by atoms with van der Waals surface area (Å²) in [6, 6.07) is 6.84. The summed E-state index contributed by atoms with van der Waals surface area (Å²) in [4.78, 5) is 41.8. The topological polar surface area (TPSA) is 87.7 Å². The molecule has 4 aliphatic rings. The smallest absolute Gasteiger partial charge is 0.246 e. The van der Waals surface area contributed by atoms with Crippen LogP contribution in [0, 0.1) is 18.8 Å². The quantitative estimate of drug-likeness (QED) is 0.672. The van der Waals surface area contributed by atoms with Gasteiger partial charge in [-0.1, -0.05) is 49.3 Å². The van der Waals surface area contributed by atoms with Gasteiger partial charge in [-0.3, -0.25) is 14.4 Å². The van der Waals surface area contributed by atoms with E-state index in [0.29, 0.717) is 5.69 Å². The highest BCUT2D eigenvalue weighted by molar-refractivity contribution is 6.03. The van der Waals surface area contributed by atoms with Gasteiger partial charge in [-0.05, 0) is 31.4 Å². The van der Waals surface area contributed by atoms with Crippen molar-refractivity contribution in [2.24, 2.45) is 11.8 Å². The van der Waals surface area contributed by atoms with Crippen LogP contribution in [0.3, 0.4) is 0 Å². The van der Waals surface area contributed by atoms with Crippen molar-refractivity contribution < 1.29 is 19.1 Å². The number of amides is 3. The van der Waals surface area contributed by atoms with Gasteiger partial charge in [0.1, 0.15) is 11.6 Å². The number of rotatable bonds is 6. The molecule has 2 N–H and O–H groups in total. The van der Waals surface area contributed by atoms with Crippen molar-refractivity contribution in [2.45, 2.75) is 56.4 Å². The molecule has 3 aliphatic heterocycles. The van der Waals surface area contributed by atoms with Crippen molar-refractivity contribution in [1.82, 2.24) is 10.2 Å². The van der Waals surface area contributed by atoms with Gasteiger partial charge < -0.3 is 20.3 Å². The van der Waals surface area contributed by atoms with Gasteiger partial charge in [0.05, 0.1) is 17.9 Å². The lowest BCUT2D eigenvalue weighted by molar-refractivity contribution is -0.140. The molecule has 0 radical (unpaired) electrons. The minimum Gasteiger partial charge on any atom is -0.359 e. The largest absolute Gasteiger partial charge is 0.359 e. The van der Waals surface area contributed by atoms with Gasteiger partial charge >= 0.3 is 0 Å². The summed E-state index contributed by atoms with van der Waals surface area (Å²) in [5.41, 5.74) is 0.526. The lowest BCUT2D eigenvalue weighted by Gasteiger charge is -2.32. The monoisotopic (exact) mass is 435 g/mol. The predicted octanol–water partition coefficient (Wildman–Crippen LogP) is 2.33. The molecular weight excluding hydrogens is 406 g/mol. The Hall–Kier alpha value is -2.93. The average molecular weight is 436 g/mol. The molecule has 1 aliphatic carbocycles. The fourth-order valence-electron chi connectivity index (χ4n) is 5.88. The Morgan fingerprint density at radius 3 is 2.72 bits per heavy atom. The van der Waals surface area contributed by atoms with Gasteiger partial charge in [0.15, 0.2) is 0 Å². The summed E-state index contributed by atoms with van der Waals surface area (Å²) in [6.45, 7) is 5.92. The first-order chi connectivity index (χ1) is 15.5. The summed E-state index contributed by atoms with van der Waals surface area (Å²) >= 11 is 0. The van der Waals surface area contributed by atoms with Crippen LogP contribution in [0.5, 0.6) is 0 Å². The lowest BCUT2D eigenvalue weighted by Crippen LogP contribution is -2.56. The highest BCUT2D eigenvalue weighted by Gasteiger charge is 2.72. The molecular formula is C25H29N3O4. The first-order valence-electron chi connectivity index (χ1n) is 11.4. The van der Waals surface area contributed by atoms with Crippen LogP contribution in [0.15, 0.2) is 49.1 Å². The number of benzene rings is 1. The van der Waals surface area contributed by atoms with Gasteiger partial charge in [-0.2, -0.15) is 0 Å². The molecule has 3 fully saturated rings. The van der Waals surface area contributed by atoms with E-state index >= 15 is 0 Å². The fraction of sp³-hybridized carbons (Fsp3) is 0.480. The number of hydrogen-bond acceptors (Lipinski definition) is 4. The number of para-hydroxylation sites is 1. The van der Waals surface area contributed by atoms with Crippen molar-refractivity contribution in [3.63, 3.8) is 0 Å². The maximum Gasteiger partial charge on any atom is 0.246 e. The van der Waals surface area contributed by atoms with E-state index in [-0.39, 0.29) is 30.3 Å². The zero-order chi connectivity index (χ0) is 22.5. The van der Waals surface area contributed by atoms with Crippen molar-refractivity contribution in [3.05, 3.63) is 54.6 Å². The van der Waals surface area contributed by atoms with Crippen LogP contribution in [0.1, 0.15) is 31.2 Å². The molecule has 2 saturated heterocycles. The van der Waals surface area contributed by atoms with Crippen LogP contribution in [0.4, 0.5) is 5.69 Å². The van der Waals surface area contributed by atoms with E-state index in [0.717, 1.165) is 31.2 Å². The van der Waals surface area contributed by atoms with Gasteiger partial charge in [-0.25, -0.2) is 0 Å². The number of aryl methyl sites for hydroxylation is 1. The zero-order valence-corrected chi connectivity index (χ0v) is 18.3. The van der Waals surface area contributed by atoms with Crippen molar-refractivity contribution in [1.29, 1.82) is 0 Å². The third kappa shape index (κ3) is 3.10. The van der Waals surface area contributed by atoms with Crippen LogP contribution < -0.4 is 10.6 Å². The van der Waals surface area contributed by atoms with E-state index < -0.39 is 29.6 Å². The van der Waals surface area contributed by atoms with E-state index in [2.05, 4.69) is 17.2 Å². The molecule has 7 heteroatoms. The second-order valence-corrected chi connectivity index (χ2v) is 9.27. The molecule has 1 aromatic rings. The van der Waals surface area contributed by atoms with Crippen LogP contribution in [0.2, 0.25) is 0 Å². The van der Waals surface area contributed by atoms with Crippen molar-refractivity contribution in [3.8, 4) is 0 Å². The van der Waals surface area contributed by atoms with Gasteiger partial charge in [0.2, 0.25) is 17.7 Å². The first kappa shape index (κ1) is 20.9. The summed E-state index contributed by atoms with van der Waals surface area (Å²) in [5, 5.41) is 6.10. The van der Waals surface area contributed by atoms with E-state index in [4.69, 9.17) is 4.74 Å². The second kappa shape index (κ2) is 7.89. The van der Waals surface area contributed by atoms with E-state index in [1.54, 1.807) is 6.08 Å². The highest BCUT2D eigenvalue weighted by atomic mass is 16.5. The number of hydrogen-bond donors (Lipinski definition) is 2. The van der Waals surface area contributed by atoms with Crippen LogP contribution in [-0.4, -0.2) is 53.0 Å². The Kier molecular flexibility index (Phi) is 5.16. The SMILES string of the molecule is C=CCN1C(=O)C2C(C(=O)Nc3ccccc3C)C3C=CC2(O3)C1C(=O)NC1CCCC1. The molecule has 1 saturated carbocycles. The minimum atomic E-state index is -1.12. The Morgan fingerprint density at radius 2 is 2.00 bits per heavy atom. The van der Waals surface area contributed by atoms with E-state index in [1.807, 2.05) is 43.3 Å². The number of carbonyl (C=O) groups is 3. The summed E-state index contributed by atoms with van der Waals surface area (Å²) in [5.74, 6) is -2.12. The lowest BCUT2D eigenvalue weighted by atomic mass is 9.74.